The molecule has 1 atom stereocenters. The molecule has 7 heteroatoms. The summed E-state index contributed by atoms with van der Waals surface area (Å²) in [6, 6.07) is 4.06. The zero-order valence-electron chi connectivity index (χ0n) is 14.4. The minimum absolute atomic E-state index is 0.00145. The van der Waals surface area contributed by atoms with E-state index in [1.807, 2.05) is 12.1 Å². The molecule has 7 nitrogen and oxygen atoms in total. The first-order valence-corrected chi connectivity index (χ1v) is 9.08. The quantitative estimate of drug-likeness (QED) is 0.858. The number of aromatic amines is 1. The monoisotopic (exact) mass is 347 g/mol. The van der Waals surface area contributed by atoms with E-state index in [1.54, 1.807) is 0 Å². The molecule has 2 N–H and O–H groups in total. The number of aliphatic hydroxyl groups excluding tert-OH is 1. The molecule has 0 aromatic carbocycles. The first-order chi connectivity index (χ1) is 12.2. The summed E-state index contributed by atoms with van der Waals surface area (Å²) in [4.78, 5) is 14.5. The summed E-state index contributed by atoms with van der Waals surface area (Å²) in [6.07, 6.45) is 4.17. The van der Waals surface area contributed by atoms with E-state index in [1.165, 1.54) is 11.1 Å². The van der Waals surface area contributed by atoms with Crippen molar-refractivity contribution >= 4 is 0 Å². The van der Waals surface area contributed by atoms with Gasteiger partial charge in [-0.05, 0) is 37.8 Å². The SMILES string of the molecule is O=c1c2c([nH]n1CCO)CN(Cc1ccc([C@@H]3CCCCO3)o1)CC2. The zero-order valence-corrected chi connectivity index (χ0v) is 14.4. The van der Waals surface area contributed by atoms with Gasteiger partial charge < -0.3 is 14.3 Å². The number of fused-ring (bicyclic) bond motifs is 1. The second-order valence-electron chi connectivity index (χ2n) is 6.87. The summed E-state index contributed by atoms with van der Waals surface area (Å²) in [7, 11) is 0. The van der Waals surface area contributed by atoms with Gasteiger partial charge >= 0.3 is 0 Å². The molecule has 0 spiro atoms. The van der Waals surface area contributed by atoms with Crippen molar-refractivity contribution in [2.45, 2.75) is 51.4 Å². The van der Waals surface area contributed by atoms with Crippen molar-refractivity contribution in [3.8, 4) is 0 Å². The Morgan fingerprint density at radius 3 is 3.04 bits per heavy atom. The maximum absolute atomic E-state index is 12.2. The fourth-order valence-electron chi connectivity index (χ4n) is 3.76. The number of hydrogen-bond donors (Lipinski definition) is 2. The first-order valence-electron chi connectivity index (χ1n) is 9.08. The van der Waals surface area contributed by atoms with E-state index < -0.39 is 0 Å². The molecule has 0 amide bonds. The second kappa shape index (κ2) is 7.19. The van der Waals surface area contributed by atoms with Crippen LogP contribution in [0.5, 0.6) is 0 Å². The molecule has 2 aromatic rings. The predicted molar refractivity (Wildman–Crippen MR) is 91.2 cm³/mol. The Balaban J connectivity index is 1.42. The second-order valence-corrected chi connectivity index (χ2v) is 6.87. The highest BCUT2D eigenvalue weighted by Crippen LogP contribution is 2.29. The fourth-order valence-corrected chi connectivity index (χ4v) is 3.76. The average molecular weight is 347 g/mol. The molecular weight excluding hydrogens is 322 g/mol. The van der Waals surface area contributed by atoms with Crippen LogP contribution < -0.4 is 5.56 Å². The van der Waals surface area contributed by atoms with Crippen LogP contribution in [0, 0.1) is 0 Å². The van der Waals surface area contributed by atoms with Gasteiger partial charge in [-0.2, -0.15) is 0 Å². The van der Waals surface area contributed by atoms with Crippen LogP contribution >= 0.6 is 0 Å². The molecule has 136 valence electrons. The van der Waals surface area contributed by atoms with E-state index in [0.717, 1.165) is 61.7 Å². The summed E-state index contributed by atoms with van der Waals surface area (Å²) in [5.41, 5.74) is 1.80. The molecule has 0 aliphatic carbocycles. The number of aromatic nitrogens is 2. The number of nitrogens with one attached hydrogen (secondary N) is 1. The zero-order chi connectivity index (χ0) is 17.2. The van der Waals surface area contributed by atoms with Gasteiger partial charge in [0.05, 0.1) is 25.4 Å². The maximum Gasteiger partial charge on any atom is 0.270 e. The number of furan rings is 1. The number of aliphatic hydroxyl groups is 1. The van der Waals surface area contributed by atoms with E-state index in [2.05, 4.69) is 10.00 Å². The third-order valence-electron chi connectivity index (χ3n) is 5.08. The largest absolute Gasteiger partial charge is 0.462 e. The molecule has 25 heavy (non-hydrogen) atoms. The van der Waals surface area contributed by atoms with E-state index in [4.69, 9.17) is 14.3 Å². The minimum Gasteiger partial charge on any atom is -0.462 e. The van der Waals surface area contributed by atoms with Crippen LogP contribution in [0.2, 0.25) is 0 Å². The van der Waals surface area contributed by atoms with Crippen molar-refractivity contribution in [2.24, 2.45) is 0 Å². The molecule has 1 saturated heterocycles. The van der Waals surface area contributed by atoms with E-state index in [9.17, 15) is 4.79 Å². The standard InChI is InChI=1S/C18H25N3O4/c22-9-8-21-18(23)14-6-7-20(12-15(14)19-21)11-13-4-5-17(25-13)16-3-1-2-10-24-16/h4-5,16,19,22H,1-3,6-12H2/t16-/m0/s1. The molecule has 0 bridgehead atoms. The summed E-state index contributed by atoms with van der Waals surface area (Å²) in [6.45, 7) is 3.33. The molecule has 1 fully saturated rings. The van der Waals surface area contributed by atoms with Crippen LogP contribution in [-0.4, -0.2) is 39.5 Å². The summed E-state index contributed by atoms with van der Waals surface area (Å²) < 4.78 is 13.3. The van der Waals surface area contributed by atoms with Gasteiger partial charge in [-0.1, -0.05) is 0 Å². The molecule has 0 saturated carbocycles. The normalized spacial score (nSPS) is 21.4. The Labute approximate surface area is 146 Å². The third-order valence-corrected chi connectivity index (χ3v) is 5.08. The number of H-pyrrole nitrogens is 1. The average Bonchev–Trinajstić information content (AvgIpc) is 3.21. The van der Waals surface area contributed by atoms with Crippen LogP contribution in [0.3, 0.4) is 0 Å². The molecular formula is C18H25N3O4. The van der Waals surface area contributed by atoms with Crippen molar-refractivity contribution in [1.82, 2.24) is 14.7 Å². The Bertz CT molecular complexity index is 770. The highest BCUT2D eigenvalue weighted by atomic mass is 16.5. The van der Waals surface area contributed by atoms with E-state index in [-0.39, 0.29) is 18.3 Å². The lowest BCUT2D eigenvalue weighted by Crippen LogP contribution is -2.31. The lowest BCUT2D eigenvalue weighted by molar-refractivity contribution is 0.000794. The molecule has 4 rings (SSSR count). The Kier molecular flexibility index (Phi) is 4.78. The minimum atomic E-state index is -0.0403. The van der Waals surface area contributed by atoms with Gasteiger partial charge in [-0.15, -0.1) is 0 Å². The molecule has 2 aromatic heterocycles. The van der Waals surface area contributed by atoms with E-state index >= 15 is 0 Å². The van der Waals surface area contributed by atoms with Crippen molar-refractivity contribution in [2.75, 3.05) is 19.8 Å². The molecule has 2 aliphatic rings. The van der Waals surface area contributed by atoms with Crippen LogP contribution in [0.4, 0.5) is 0 Å². The van der Waals surface area contributed by atoms with Gasteiger partial charge in [0, 0.05) is 25.3 Å². The van der Waals surface area contributed by atoms with Gasteiger partial charge in [-0.3, -0.25) is 19.5 Å². The van der Waals surface area contributed by atoms with E-state index in [0.29, 0.717) is 13.1 Å². The number of nitrogens with zero attached hydrogens (tertiary/aromatic N) is 2. The smallest absolute Gasteiger partial charge is 0.270 e. The fraction of sp³-hybridized carbons (Fsp3) is 0.611. The van der Waals surface area contributed by atoms with Crippen LogP contribution in [0.15, 0.2) is 21.3 Å². The summed E-state index contributed by atoms with van der Waals surface area (Å²) in [5.74, 6) is 1.86. The van der Waals surface area contributed by atoms with Crippen LogP contribution in [-0.2, 0) is 30.8 Å². The van der Waals surface area contributed by atoms with Gasteiger partial charge in [0.25, 0.3) is 5.56 Å². The lowest BCUT2D eigenvalue weighted by Gasteiger charge is -2.25. The summed E-state index contributed by atoms with van der Waals surface area (Å²) >= 11 is 0. The third kappa shape index (κ3) is 3.44. The molecule has 2 aliphatic heterocycles. The van der Waals surface area contributed by atoms with Gasteiger partial charge in [0.15, 0.2) is 0 Å². The van der Waals surface area contributed by atoms with Gasteiger partial charge in [0.1, 0.15) is 17.6 Å². The summed E-state index contributed by atoms with van der Waals surface area (Å²) in [5, 5.41) is 12.2. The Hall–Kier alpha value is -1.83. The highest BCUT2D eigenvalue weighted by molar-refractivity contribution is 5.21. The Morgan fingerprint density at radius 1 is 1.32 bits per heavy atom. The number of hydrogen-bond acceptors (Lipinski definition) is 5. The van der Waals surface area contributed by atoms with Crippen LogP contribution in [0.25, 0.3) is 0 Å². The molecule has 0 radical (unpaired) electrons. The topological polar surface area (TPSA) is 83.6 Å². The first kappa shape index (κ1) is 16.6. The highest BCUT2D eigenvalue weighted by Gasteiger charge is 2.24. The molecule has 0 unspecified atom stereocenters. The Morgan fingerprint density at radius 2 is 2.24 bits per heavy atom. The molecule has 4 heterocycles. The van der Waals surface area contributed by atoms with Crippen molar-refractivity contribution < 1.29 is 14.3 Å². The van der Waals surface area contributed by atoms with Crippen molar-refractivity contribution in [3.63, 3.8) is 0 Å². The van der Waals surface area contributed by atoms with Crippen molar-refractivity contribution in [3.05, 3.63) is 45.3 Å². The van der Waals surface area contributed by atoms with Crippen molar-refractivity contribution in [1.29, 1.82) is 0 Å². The van der Waals surface area contributed by atoms with Gasteiger partial charge in [-0.25, -0.2) is 0 Å². The van der Waals surface area contributed by atoms with Gasteiger partial charge in [0.2, 0.25) is 0 Å². The predicted octanol–water partition coefficient (Wildman–Crippen LogP) is 1.56. The maximum atomic E-state index is 12.2. The van der Waals surface area contributed by atoms with Crippen LogP contribution in [0.1, 0.15) is 48.1 Å². The number of rotatable bonds is 5. The number of ether oxygens (including phenoxy) is 1. The lowest BCUT2D eigenvalue weighted by atomic mass is 10.1.